The normalized spacial score (nSPS) is 18.7. The number of halogens is 1. The molecule has 0 bridgehead atoms. The molecule has 2 aromatic rings. The van der Waals surface area contributed by atoms with Crippen molar-refractivity contribution >= 4 is 46.0 Å². The van der Waals surface area contributed by atoms with E-state index in [1.165, 1.54) is 18.7 Å². The summed E-state index contributed by atoms with van der Waals surface area (Å²) in [5.41, 5.74) is 0.531. The Balaban J connectivity index is 1.81. The van der Waals surface area contributed by atoms with Crippen LogP contribution in [0.25, 0.3) is 5.65 Å². The van der Waals surface area contributed by atoms with Gasteiger partial charge < -0.3 is 0 Å². The Morgan fingerprint density at radius 2 is 2.38 bits per heavy atom. The number of fused-ring (bicyclic) bond motifs is 1. The summed E-state index contributed by atoms with van der Waals surface area (Å²) in [6, 6.07) is 3.50. The maximum atomic E-state index is 12.1. The average molecular weight is 325 g/mol. The quantitative estimate of drug-likeness (QED) is 0.864. The van der Waals surface area contributed by atoms with Crippen molar-refractivity contribution in [3.05, 3.63) is 23.4 Å². The van der Waals surface area contributed by atoms with Gasteiger partial charge in [0.05, 0.1) is 5.02 Å². The molecule has 1 aliphatic heterocycles. The minimum atomic E-state index is -0.0174. The minimum Gasteiger partial charge on any atom is -0.288 e. The summed E-state index contributed by atoms with van der Waals surface area (Å²) in [6.07, 6.45) is 2.16. The highest BCUT2D eigenvalue weighted by Crippen LogP contribution is 2.26. The van der Waals surface area contributed by atoms with Crippen LogP contribution in [-0.2, 0) is 9.59 Å². The third-order valence-electron chi connectivity index (χ3n) is 3.27. The van der Waals surface area contributed by atoms with Gasteiger partial charge in [0.25, 0.3) is 5.95 Å². The van der Waals surface area contributed by atoms with Crippen LogP contribution in [-0.4, -0.2) is 37.9 Å². The van der Waals surface area contributed by atoms with Gasteiger partial charge in [0.1, 0.15) is 0 Å². The number of anilines is 1. The molecular weight excluding hydrogens is 312 g/mol. The Labute approximate surface area is 130 Å². The fourth-order valence-electron chi connectivity index (χ4n) is 2.30. The molecule has 6 nitrogen and oxygen atoms in total. The molecule has 0 aliphatic carbocycles. The molecule has 1 aliphatic rings. The first-order chi connectivity index (χ1) is 10.0. The first-order valence-electron chi connectivity index (χ1n) is 6.49. The molecule has 3 rings (SSSR count). The molecular formula is C13H13ClN4O2S. The molecule has 0 aromatic carbocycles. The van der Waals surface area contributed by atoms with E-state index in [1.54, 1.807) is 27.7 Å². The second-order valence-electron chi connectivity index (χ2n) is 4.91. The van der Waals surface area contributed by atoms with E-state index < -0.39 is 0 Å². The number of hydrogen-bond donors (Lipinski definition) is 0. The van der Waals surface area contributed by atoms with Gasteiger partial charge in [-0.3, -0.25) is 14.5 Å². The highest BCUT2D eigenvalue weighted by molar-refractivity contribution is 8.13. The Morgan fingerprint density at radius 1 is 1.57 bits per heavy atom. The van der Waals surface area contributed by atoms with Crippen molar-refractivity contribution in [2.75, 3.05) is 17.2 Å². The summed E-state index contributed by atoms with van der Waals surface area (Å²) in [4.78, 5) is 29.0. The predicted molar refractivity (Wildman–Crippen MR) is 81.6 cm³/mol. The zero-order chi connectivity index (χ0) is 15.0. The van der Waals surface area contributed by atoms with Crippen molar-refractivity contribution in [2.24, 2.45) is 5.92 Å². The zero-order valence-corrected chi connectivity index (χ0v) is 12.9. The molecule has 110 valence electrons. The van der Waals surface area contributed by atoms with E-state index in [0.717, 1.165) is 0 Å². The second kappa shape index (κ2) is 5.65. The van der Waals surface area contributed by atoms with Crippen LogP contribution >= 0.6 is 23.4 Å². The Hall–Kier alpha value is -1.60. The lowest BCUT2D eigenvalue weighted by molar-refractivity contribution is -0.117. The molecule has 21 heavy (non-hydrogen) atoms. The van der Waals surface area contributed by atoms with Gasteiger partial charge >= 0.3 is 0 Å². The maximum Gasteiger partial charge on any atom is 0.252 e. The first kappa shape index (κ1) is 14.3. The summed E-state index contributed by atoms with van der Waals surface area (Å²) >= 11 is 7.31. The van der Waals surface area contributed by atoms with Gasteiger partial charge in [0.2, 0.25) is 5.91 Å². The van der Waals surface area contributed by atoms with Gasteiger partial charge in [-0.15, -0.1) is 5.10 Å². The van der Waals surface area contributed by atoms with Gasteiger partial charge in [-0.05, 0) is 18.1 Å². The van der Waals surface area contributed by atoms with Crippen molar-refractivity contribution in [3.63, 3.8) is 0 Å². The first-order valence-corrected chi connectivity index (χ1v) is 7.85. The van der Waals surface area contributed by atoms with Crippen LogP contribution in [0.4, 0.5) is 5.95 Å². The lowest BCUT2D eigenvalue weighted by Crippen LogP contribution is -2.26. The molecule has 0 spiro atoms. The summed E-state index contributed by atoms with van der Waals surface area (Å²) in [6.45, 7) is 2.07. The average Bonchev–Trinajstić information content (AvgIpc) is 3.00. The zero-order valence-electron chi connectivity index (χ0n) is 11.3. The van der Waals surface area contributed by atoms with Crippen molar-refractivity contribution in [1.29, 1.82) is 0 Å². The number of carbonyl (C=O) groups excluding carboxylic acids is 2. The number of hydrogen-bond acceptors (Lipinski definition) is 5. The van der Waals surface area contributed by atoms with Crippen LogP contribution in [0.1, 0.15) is 13.3 Å². The molecule has 1 atom stereocenters. The Morgan fingerprint density at radius 3 is 3.10 bits per heavy atom. The molecule has 0 radical (unpaired) electrons. The smallest absolute Gasteiger partial charge is 0.252 e. The third-order valence-corrected chi connectivity index (χ3v) is 4.61. The van der Waals surface area contributed by atoms with Crippen LogP contribution in [0.3, 0.4) is 0 Å². The fourth-order valence-corrected chi connectivity index (χ4v) is 3.19. The lowest BCUT2D eigenvalue weighted by atomic mass is 10.1. The van der Waals surface area contributed by atoms with Crippen LogP contribution in [0.2, 0.25) is 5.02 Å². The van der Waals surface area contributed by atoms with Crippen LogP contribution in [0, 0.1) is 5.92 Å². The number of nitrogens with zero attached hydrogens (tertiary/aromatic N) is 4. The number of rotatable bonds is 3. The number of pyridine rings is 1. The topological polar surface area (TPSA) is 67.6 Å². The summed E-state index contributed by atoms with van der Waals surface area (Å²) in [5, 5.41) is 4.85. The van der Waals surface area contributed by atoms with Gasteiger partial charge in [-0.25, -0.2) is 4.52 Å². The molecule has 3 heterocycles. The summed E-state index contributed by atoms with van der Waals surface area (Å²) in [7, 11) is 0. The third kappa shape index (κ3) is 2.89. The van der Waals surface area contributed by atoms with E-state index >= 15 is 0 Å². The molecule has 1 fully saturated rings. The largest absolute Gasteiger partial charge is 0.288 e. The summed E-state index contributed by atoms with van der Waals surface area (Å²) in [5.74, 6) is 1.14. The number of thioether (sulfide) groups is 1. The van der Waals surface area contributed by atoms with E-state index in [2.05, 4.69) is 10.1 Å². The molecule has 0 N–H and O–H groups in total. The predicted octanol–water partition coefficient (Wildman–Crippen LogP) is 2.02. The fraction of sp³-hybridized carbons (Fsp3) is 0.385. The maximum absolute atomic E-state index is 12.1. The van der Waals surface area contributed by atoms with Crippen LogP contribution < -0.4 is 4.90 Å². The van der Waals surface area contributed by atoms with Gasteiger partial charge in [0, 0.05) is 31.8 Å². The van der Waals surface area contributed by atoms with Crippen LogP contribution in [0.5, 0.6) is 0 Å². The molecule has 2 aromatic heterocycles. The van der Waals surface area contributed by atoms with E-state index in [4.69, 9.17) is 11.6 Å². The number of amides is 1. The second-order valence-corrected chi connectivity index (χ2v) is 6.52. The van der Waals surface area contributed by atoms with Crippen molar-refractivity contribution in [1.82, 2.24) is 14.6 Å². The van der Waals surface area contributed by atoms with E-state index in [-0.39, 0.29) is 16.9 Å². The molecule has 1 saturated heterocycles. The minimum absolute atomic E-state index is 0.0174. The number of carbonyl (C=O) groups is 2. The SMILES string of the molecule is CC(=O)SCC1CC(=O)N(c2nc3c(Cl)cccn3n2)C1. The number of aromatic nitrogens is 3. The molecule has 1 unspecified atom stereocenters. The Bertz CT molecular complexity index is 717. The molecule has 1 amide bonds. The van der Waals surface area contributed by atoms with Crippen molar-refractivity contribution in [3.8, 4) is 0 Å². The van der Waals surface area contributed by atoms with E-state index in [1.807, 2.05) is 0 Å². The molecule has 0 saturated carbocycles. The highest BCUT2D eigenvalue weighted by Gasteiger charge is 2.33. The van der Waals surface area contributed by atoms with Crippen molar-refractivity contribution in [2.45, 2.75) is 13.3 Å². The summed E-state index contributed by atoms with van der Waals surface area (Å²) < 4.78 is 1.56. The van der Waals surface area contributed by atoms with Gasteiger partial charge in [-0.2, -0.15) is 4.98 Å². The molecule has 8 heteroatoms. The Kier molecular flexibility index (Phi) is 3.86. The van der Waals surface area contributed by atoms with Crippen LogP contribution in [0.15, 0.2) is 18.3 Å². The van der Waals surface area contributed by atoms with Gasteiger partial charge in [0.15, 0.2) is 10.8 Å². The van der Waals surface area contributed by atoms with Crippen molar-refractivity contribution < 1.29 is 9.59 Å². The van der Waals surface area contributed by atoms with E-state index in [0.29, 0.717) is 35.3 Å². The van der Waals surface area contributed by atoms with Gasteiger partial charge in [-0.1, -0.05) is 23.4 Å². The lowest BCUT2D eigenvalue weighted by Gasteiger charge is -2.11. The monoisotopic (exact) mass is 324 g/mol. The van der Waals surface area contributed by atoms with E-state index in [9.17, 15) is 9.59 Å². The standard InChI is InChI=1S/C13H13ClN4O2S/c1-8(19)21-7-9-5-11(20)17(6-9)13-15-12-10(14)3-2-4-18(12)16-13/h2-4,9H,5-7H2,1H3. The highest BCUT2D eigenvalue weighted by atomic mass is 35.5.